The van der Waals surface area contributed by atoms with Crippen molar-refractivity contribution in [2.24, 2.45) is 0 Å². The summed E-state index contributed by atoms with van der Waals surface area (Å²) in [6.07, 6.45) is 0.952. The molecule has 2 heterocycles. The van der Waals surface area contributed by atoms with Gasteiger partial charge in [0.2, 0.25) is 0 Å². The average Bonchev–Trinajstić information content (AvgIpc) is 2.79. The Labute approximate surface area is 114 Å². The second-order valence-corrected chi connectivity index (χ2v) is 7.11. The van der Waals surface area contributed by atoms with Crippen molar-refractivity contribution in [2.75, 3.05) is 5.49 Å². The summed E-state index contributed by atoms with van der Waals surface area (Å²) in [5.74, 6) is 0. The maximum Gasteiger partial charge on any atom is 0.330 e. The summed E-state index contributed by atoms with van der Waals surface area (Å²) < 4.78 is 33.9. The molecule has 0 aromatic carbocycles. The Balaban J connectivity index is 2.13. The lowest BCUT2D eigenvalue weighted by Crippen LogP contribution is -2.31. The molecule has 0 aliphatic carbocycles. The van der Waals surface area contributed by atoms with Crippen molar-refractivity contribution in [3.63, 3.8) is 0 Å². The van der Waals surface area contributed by atoms with Crippen LogP contribution < -0.4 is 11.2 Å². The first-order valence-electron chi connectivity index (χ1n) is 6.29. The minimum atomic E-state index is -1.86. The number of hydrogen-bond acceptors (Lipinski definition) is 4. The lowest BCUT2D eigenvalue weighted by molar-refractivity contribution is 0.00843. The van der Waals surface area contributed by atoms with E-state index in [0.717, 1.165) is 0 Å². The predicted octanol–water partition coefficient (Wildman–Crippen LogP) is 0.0703. The maximum atomic E-state index is 11.7. The normalized spacial score (nSPS) is 29.7. The van der Waals surface area contributed by atoms with Gasteiger partial charge in [0.1, 0.15) is 6.23 Å². The van der Waals surface area contributed by atoms with Crippen LogP contribution in [0.2, 0.25) is 0 Å². The van der Waals surface area contributed by atoms with Gasteiger partial charge in [0.05, 0.1) is 11.6 Å². The first-order valence-corrected chi connectivity index (χ1v) is 8.14. The van der Waals surface area contributed by atoms with E-state index in [1.54, 1.807) is 0 Å². The third-order valence-corrected chi connectivity index (χ3v) is 5.65. The fourth-order valence-corrected chi connectivity index (χ4v) is 4.08. The second kappa shape index (κ2) is 6.09. The van der Waals surface area contributed by atoms with Crippen molar-refractivity contribution in [3.05, 3.63) is 33.1 Å². The zero-order valence-electron chi connectivity index (χ0n) is 10.9. The molecule has 19 heavy (non-hydrogen) atoms. The lowest BCUT2D eigenvalue weighted by Gasteiger charge is -2.13. The van der Waals surface area contributed by atoms with Crippen molar-refractivity contribution in [1.82, 2.24) is 9.55 Å². The van der Waals surface area contributed by atoms with Crippen LogP contribution in [0.25, 0.3) is 0 Å². The summed E-state index contributed by atoms with van der Waals surface area (Å²) in [4.78, 5) is 24.9. The molecule has 2 N–H and O–H groups in total. The molecule has 1 aliphatic rings. The molecule has 0 spiro atoms. The molecule has 0 amide bonds. The van der Waals surface area contributed by atoms with E-state index < -0.39 is 28.6 Å². The van der Waals surface area contributed by atoms with Gasteiger partial charge < -0.3 is 9.29 Å². The van der Waals surface area contributed by atoms with Gasteiger partial charge in [-0.3, -0.25) is 14.3 Å². The first kappa shape index (κ1) is 13.2. The van der Waals surface area contributed by atoms with E-state index in [2.05, 4.69) is 4.98 Å². The molecular formula is C10H15N2O5PS. The number of aromatic nitrogens is 2. The minimum Gasteiger partial charge on any atom is -0.354 e. The summed E-state index contributed by atoms with van der Waals surface area (Å²) in [6, 6.07) is 1.23. The smallest absolute Gasteiger partial charge is 0.330 e. The van der Waals surface area contributed by atoms with E-state index in [0.29, 0.717) is 6.42 Å². The summed E-state index contributed by atoms with van der Waals surface area (Å²) in [5.41, 5.74) is -0.902. The molecule has 1 aromatic heterocycles. The van der Waals surface area contributed by atoms with Crippen LogP contribution in [0.15, 0.2) is 21.9 Å². The predicted molar refractivity (Wildman–Crippen MR) is 73.3 cm³/mol. The molecule has 7 nitrogen and oxygen atoms in total. The van der Waals surface area contributed by atoms with Crippen LogP contribution in [0.1, 0.15) is 20.9 Å². The minimum absolute atomic E-state index is 0.0209. The van der Waals surface area contributed by atoms with E-state index in [1.807, 2.05) is 0 Å². The zero-order valence-corrected chi connectivity index (χ0v) is 11.8. The molecule has 1 aliphatic heterocycles. The number of hydrogen-bond donors (Lipinski definition) is 2. The number of rotatable bonds is 4. The van der Waals surface area contributed by atoms with Gasteiger partial charge in [-0.15, -0.1) is 8.58 Å². The highest BCUT2D eigenvalue weighted by Gasteiger charge is 2.33. The summed E-state index contributed by atoms with van der Waals surface area (Å²) in [5, 5.41) is 0. The van der Waals surface area contributed by atoms with Gasteiger partial charge in [-0.25, -0.2) is 9.00 Å². The molecule has 0 saturated carbocycles. The van der Waals surface area contributed by atoms with Crippen LogP contribution >= 0.6 is 8.58 Å². The first-order chi connectivity index (χ1) is 9.51. The van der Waals surface area contributed by atoms with Crippen LogP contribution in [-0.4, -0.2) is 35.6 Å². The molecule has 0 radical (unpaired) electrons. The van der Waals surface area contributed by atoms with E-state index >= 15 is 0 Å². The Kier molecular flexibility index (Phi) is 4.22. The van der Waals surface area contributed by atoms with Gasteiger partial charge in [0, 0.05) is 25.7 Å². The average molecular weight is 308 g/mol. The van der Waals surface area contributed by atoms with E-state index in [-0.39, 0.29) is 32.7 Å². The topological polar surface area (TPSA) is 101 Å². The highest BCUT2D eigenvalue weighted by Crippen LogP contribution is 2.38. The van der Waals surface area contributed by atoms with Gasteiger partial charge in [-0.1, -0.05) is 0 Å². The van der Waals surface area contributed by atoms with E-state index in [4.69, 9.17) is 10.7 Å². The largest absolute Gasteiger partial charge is 0.354 e. The Morgan fingerprint density at radius 3 is 3.16 bits per heavy atom. The zero-order chi connectivity index (χ0) is 14.7. The van der Waals surface area contributed by atoms with Crippen molar-refractivity contribution in [2.45, 2.75) is 31.3 Å². The van der Waals surface area contributed by atoms with Gasteiger partial charge in [-0.05, 0) is 6.90 Å². The Bertz CT molecular complexity index is 606. The second-order valence-electron chi connectivity index (χ2n) is 4.16. The van der Waals surface area contributed by atoms with Crippen molar-refractivity contribution < 1.29 is 14.9 Å². The van der Waals surface area contributed by atoms with Crippen molar-refractivity contribution in [3.8, 4) is 0 Å². The van der Waals surface area contributed by atoms with Crippen LogP contribution in [0.3, 0.4) is 0 Å². The van der Waals surface area contributed by atoms with Gasteiger partial charge in [0.25, 0.3) is 5.56 Å². The molecule has 0 bridgehead atoms. The standard InChI is InChI=1S/C10H15N2O5PS/c1-6-7(18-5-19(15)16)4-9(17-6)12-3-2-8(13)11-10(12)14/h2-3,6-7,9,18H,4-5H2,1H3,(H,15,16)(H,11,13,14)/t6-,7+,9-/m1/s1/i1T. The molecule has 1 fully saturated rings. The number of H-pyrrole nitrogens is 1. The quantitative estimate of drug-likeness (QED) is 0.605. The lowest BCUT2D eigenvalue weighted by atomic mass is 10.2. The third kappa shape index (κ3) is 3.60. The Morgan fingerprint density at radius 1 is 1.74 bits per heavy atom. The molecule has 9 heteroatoms. The summed E-state index contributed by atoms with van der Waals surface area (Å²) >= 11 is -1.86. The molecule has 2 unspecified atom stereocenters. The SMILES string of the molecule is [3H]C[C@H]1O[C@@H](n2ccc(=O)[nH]c2=O)C[C@@H]1PCS(=O)O. The number of ether oxygens (including phenoxy) is 1. The Morgan fingerprint density at radius 2 is 2.53 bits per heavy atom. The fraction of sp³-hybridized carbons (Fsp3) is 0.600. The molecule has 1 saturated heterocycles. The fourth-order valence-electron chi connectivity index (χ4n) is 1.95. The number of nitrogens with zero attached hydrogens (tertiary/aromatic N) is 1. The maximum absolute atomic E-state index is 11.7. The molecule has 2 rings (SSSR count). The third-order valence-electron chi connectivity index (χ3n) is 2.87. The van der Waals surface area contributed by atoms with Gasteiger partial charge in [-0.2, -0.15) is 0 Å². The molecule has 106 valence electrons. The van der Waals surface area contributed by atoms with Crippen LogP contribution in [0, 0.1) is 0 Å². The summed E-state index contributed by atoms with van der Waals surface area (Å²) in [7, 11) is 0.196. The van der Waals surface area contributed by atoms with Crippen LogP contribution in [0.4, 0.5) is 0 Å². The van der Waals surface area contributed by atoms with Crippen molar-refractivity contribution >= 4 is 19.7 Å². The molecular weight excluding hydrogens is 291 g/mol. The van der Waals surface area contributed by atoms with Crippen LogP contribution in [0.5, 0.6) is 0 Å². The monoisotopic (exact) mass is 308 g/mol. The highest BCUT2D eigenvalue weighted by atomic mass is 32.2. The molecule has 5 atom stereocenters. The Hall–Kier alpha value is -0.820. The number of aromatic amines is 1. The van der Waals surface area contributed by atoms with E-state index in [9.17, 15) is 13.8 Å². The number of nitrogens with one attached hydrogen (secondary N) is 1. The van der Waals surface area contributed by atoms with Crippen LogP contribution in [-0.2, 0) is 15.8 Å². The van der Waals surface area contributed by atoms with Gasteiger partial charge in [0.15, 0.2) is 11.1 Å². The molecule has 1 aromatic rings. The van der Waals surface area contributed by atoms with E-state index in [1.165, 1.54) is 16.8 Å². The van der Waals surface area contributed by atoms with Crippen molar-refractivity contribution in [1.29, 1.82) is 0 Å². The van der Waals surface area contributed by atoms with Gasteiger partial charge >= 0.3 is 5.69 Å². The summed E-state index contributed by atoms with van der Waals surface area (Å²) in [6.45, 7) is 0.0321. The highest BCUT2D eigenvalue weighted by molar-refractivity contribution is 7.85.